The third-order valence-corrected chi connectivity index (χ3v) is 1.82. The van der Waals surface area contributed by atoms with Crippen LogP contribution in [-0.4, -0.2) is 42.8 Å². The Morgan fingerprint density at radius 2 is 1.94 bits per heavy atom. The van der Waals surface area contributed by atoms with E-state index in [1.165, 1.54) is 0 Å². The Morgan fingerprint density at radius 1 is 1.22 bits per heavy atom. The van der Waals surface area contributed by atoms with Crippen molar-refractivity contribution in [3.05, 3.63) is 12.7 Å². The van der Waals surface area contributed by atoms with Gasteiger partial charge in [-0.1, -0.05) is 6.08 Å². The highest BCUT2D eigenvalue weighted by molar-refractivity contribution is 5.95. The molecule has 102 valence electrons. The maximum Gasteiger partial charge on any atom is 0.321 e. The molecule has 0 saturated carbocycles. The second-order valence-electron chi connectivity index (χ2n) is 3.39. The van der Waals surface area contributed by atoms with Crippen molar-refractivity contribution in [3.63, 3.8) is 0 Å². The lowest BCUT2D eigenvalue weighted by molar-refractivity contribution is -0.138. The molecule has 0 radical (unpaired) electrons. The Balaban J connectivity index is 3.49. The average Bonchev–Trinajstić information content (AvgIpc) is 2.31. The Bertz CT molecular complexity index is 304. The summed E-state index contributed by atoms with van der Waals surface area (Å²) in [6, 6.07) is -0.655. The molecule has 7 heteroatoms. The number of amides is 3. The predicted octanol–water partition coefficient (Wildman–Crippen LogP) is 0.270. The van der Waals surface area contributed by atoms with E-state index in [1.807, 2.05) is 5.32 Å². The van der Waals surface area contributed by atoms with Gasteiger partial charge in [-0.2, -0.15) is 0 Å². The number of carboxylic acid groups (broad SMARTS) is 1. The molecule has 0 atom stereocenters. The van der Waals surface area contributed by atoms with E-state index >= 15 is 0 Å². The van der Waals surface area contributed by atoms with Crippen molar-refractivity contribution in [2.24, 2.45) is 0 Å². The molecule has 0 aromatic rings. The lowest BCUT2D eigenvalue weighted by Crippen LogP contribution is -2.40. The first-order valence-electron chi connectivity index (χ1n) is 5.54. The van der Waals surface area contributed by atoms with E-state index in [0.29, 0.717) is 13.2 Å². The van der Waals surface area contributed by atoms with Crippen LogP contribution in [0.25, 0.3) is 0 Å². The molecule has 0 unspecified atom stereocenters. The maximum atomic E-state index is 11.1. The Labute approximate surface area is 105 Å². The minimum atomic E-state index is -1.08. The van der Waals surface area contributed by atoms with Crippen LogP contribution in [-0.2, 0) is 14.3 Å². The van der Waals surface area contributed by atoms with E-state index in [4.69, 9.17) is 9.84 Å². The zero-order valence-electron chi connectivity index (χ0n) is 10.1. The molecule has 3 amide bonds. The van der Waals surface area contributed by atoms with Gasteiger partial charge in [0.1, 0.15) is 0 Å². The van der Waals surface area contributed by atoms with E-state index in [2.05, 4.69) is 11.9 Å². The van der Waals surface area contributed by atoms with Crippen LogP contribution in [0, 0.1) is 0 Å². The molecular weight excluding hydrogens is 240 g/mol. The van der Waals surface area contributed by atoms with Crippen LogP contribution in [0.3, 0.4) is 0 Å². The molecule has 0 saturated heterocycles. The number of imide groups is 1. The van der Waals surface area contributed by atoms with Crippen LogP contribution >= 0.6 is 0 Å². The topological polar surface area (TPSA) is 105 Å². The van der Waals surface area contributed by atoms with Crippen LogP contribution in [0.5, 0.6) is 0 Å². The number of carbonyl (C=O) groups excluding carboxylic acids is 2. The quantitative estimate of drug-likeness (QED) is 0.406. The van der Waals surface area contributed by atoms with Crippen molar-refractivity contribution in [3.8, 4) is 0 Å². The maximum absolute atomic E-state index is 11.1. The highest BCUT2D eigenvalue weighted by atomic mass is 16.5. The van der Waals surface area contributed by atoms with Crippen molar-refractivity contribution in [2.75, 3.05) is 19.8 Å². The van der Waals surface area contributed by atoms with Crippen molar-refractivity contribution >= 4 is 17.9 Å². The number of carboxylic acids is 1. The number of nitrogens with one attached hydrogen (secondary N) is 2. The SMILES string of the molecule is C=CCCOCCNC(=O)NC(=O)CCC(=O)O. The molecule has 3 N–H and O–H groups in total. The number of rotatable bonds is 9. The van der Waals surface area contributed by atoms with E-state index in [0.717, 1.165) is 6.42 Å². The highest BCUT2D eigenvalue weighted by Crippen LogP contribution is 1.88. The van der Waals surface area contributed by atoms with E-state index in [9.17, 15) is 14.4 Å². The summed E-state index contributed by atoms with van der Waals surface area (Å²) in [6.07, 6.45) is 1.93. The highest BCUT2D eigenvalue weighted by Gasteiger charge is 2.08. The van der Waals surface area contributed by atoms with Gasteiger partial charge in [0, 0.05) is 13.0 Å². The smallest absolute Gasteiger partial charge is 0.321 e. The monoisotopic (exact) mass is 258 g/mol. The zero-order valence-corrected chi connectivity index (χ0v) is 10.1. The number of hydrogen-bond acceptors (Lipinski definition) is 4. The van der Waals surface area contributed by atoms with E-state index in [1.54, 1.807) is 6.08 Å². The van der Waals surface area contributed by atoms with Crippen molar-refractivity contribution in [1.82, 2.24) is 10.6 Å². The molecule has 0 aromatic heterocycles. The lowest BCUT2D eigenvalue weighted by atomic mass is 10.3. The number of ether oxygens (including phenoxy) is 1. The van der Waals surface area contributed by atoms with Gasteiger partial charge in [0.05, 0.1) is 19.6 Å². The molecule has 0 aliphatic rings. The molecule has 18 heavy (non-hydrogen) atoms. The molecule has 0 heterocycles. The van der Waals surface area contributed by atoms with Gasteiger partial charge >= 0.3 is 12.0 Å². The fraction of sp³-hybridized carbons (Fsp3) is 0.545. The molecule has 0 fully saturated rings. The van der Waals surface area contributed by atoms with Crippen molar-refractivity contribution < 1.29 is 24.2 Å². The van der Waals surface area contributed by atoms with Gasteiger partial charge in [-0.25, -0.2) is 4.79 Å². The molecule has 0 rings (SSSR count). The normalized spacial score (nSPS) is 9.56. The largest absolute Gasteiger partial charge is 0.481 e. The summed E-state index contributed by atoms with van der Waals surface area (Å²) in [5, 5.41) is 12.8. The van der Waals surface area contributed by atoms with Crippen LogP contribution in [0.15, 0.2) is 12.7 Å². The Hall–Kier alpha value is -1.89. The number of aliphatic carboxylic acids is 1. The van der Waals surface area contributed by atoms with Crippen LogP contribution in [0.1, 0.15) is 19.3 Å². The summed E-state index contributed by atoms with van der Waals surface area (Å²) in [5.41, 5.74) is 0. The summed E-state index contributed by atoms with van der Waals surface area (Å²) in [6.45, 7) is 4.67. The van der Waals surface area contributed by atoms with Gasteiger partial charge < -0.3 is 15.2 Å². The van der Waals surface area contributed by atoms with Crippen LogP contribution in [0.4, 0.5) is 4.79 Å². The fourth-order valence-electron chi connectivity index (χ4n) is 0.959. The van der Waals surface area contributed by atoms with Crippen LogP contribution in [0.2, 0.25) is 0 Å². The fourth-order valence-corrected chi connectivity index (χ4v) is 0.959. The number of carbonyl (C=O) groups is 3. The first kappa shape index (κ1) is 16.1. The summed E-state index contributed by atoms with van der Waals surface area (Å²) in [4.78, 5) is 32.4. The number of urea groups is 1. The molecule has 0 spiro atoms. The van der Waals surface area contributed by atoms with Crippen molar-refractivity contribution in [1.29, 1.82) is 0 Å². The third kappa shape index (κ3) is 10.6. The Kier molecular flexibility index (Phi) is 9.20. The van der Waals surface area contributed by atoms with Gasteiger partial charge in [-0.3, -0.25) is 14.9 Å². The van der Waals surface area contributed by atoms with Gasteiger partial charge in [-0.05, 0) is 6.42 Å². The molecule has 0 aliphatic heterocycles. The second-order valence-corrected chi connectivity index (χ2v) is 3.39. The first-order valence-corrected chi connectivity index (χ1v) is 5.54. The van der Waals surface area contributed by atoms with Gasteiger partial charge in [0.2, 0.25) is 5.91 Å². The predicted molar refractivity (Wildman–Crippen MR) is 64.0 cm³/mol. The van der Waals surface area contributed by atoms with Gasteiger partial charge in [0.25, 0.3) is 0 Å². The van der Waals surface area contributed by atoms with E-state index < -0.39 is 17.9 Å². The first-order chi connectivity index (χ1) is 8.56. The summed E-state index contributed by atoms with van der Waals surface area (Å²) in [7, 11) is 0. The molecule has 0 aliphatic carbocycles. The molecule has 0 aromatic carbocycles. The zero-order chi connectivity index (χ0) is 13.8. The second kappa shape index (κ2) is 10.3. The minimum Gasteiger partial charge on any atom is -0.481 e. The average molecular weight is 258 g/mol. The minimum absolute atomic E-state index is 0.224. The summed E-state index contributed by atoms with van der Waals surface area (Å²) >= 11 is 0. The van der Waals surface area contributed by atoms with Gasteiger partial charge in [-0.15, -0.1) is 6.58 Å². The molecule has 7 nitrogen and oxygen atoms in total. The standard InChI is InChI=1S/C11H18N2O5/c1-2-3-7-18-8-6-12-11(17)13-9(14)4-5-10(15)16/h2H,1,3-8H2,(H,15,16)(H2,12,13,14,17). The molecular formula is C11H18N2O5. The molecule has 0 bridgehead atoms. The lowest BCUT2D eigenvalue weighted by Gasteiger charge is -2.06. The van der Waals surface area contributed by atoms with Crippen LogP contribution < -0.4 is 10.6 Å². The third-order valence-electron chi connectivity index (χ3n) is 1.82. The Morgan fingerprint density at radius 3 is 2.56 bits per heavy atom. The summed E-state index contributed by atoms with van der Waals surface area (Å²) in [5.74, 6) is -1.70. The van der Waals surface area contributed by atoms with E-state index in [-0.39, 0.29) is 19.4 Å². The summed E-state index contributed by atoms with van der Waals surface area (Å²) < 4.78 is 5.13. The van der Waals surface area contributed by atoms with Gasteiger partial charge in [0.15, 0.2) is 0 Å². The van der Waals surface area contributed by atoms with Crippen molar-refractivity contribution in [2.45, 2.75) is 19.3 Å². The number of hydrogen-bond donors (Lipinski definition) is 3.